The van der Waals surface area contributed by atoms with Gasteiger partial charge in [-0.25, -0.2) is 8.42 Å². The number of nitrogens with one attached hydrogen (secondary N) is 1. The summed E-state index contributed by atoms with van der Waals surface area (Å²) >= 11 is 0. The first-order valence-corrected chi connectivity index (χ1v) is 11.6. The number of piperidine rings is 1. The third-order valence-electron chi connectivity index (χ3n) is 5.16. The quantitative estimate of drug-likeness (QED) is 0.592. The molecular weight excluding hydrogens is 420 g/mol. The van der Waals surface area contributed by atoms with Crippen LogP contribution in [0.2, 0.25) is 0 Å². The highest BCUT2D eigenvalue weighted by Gasteiger charge is 2.33. The molecule has 8 nitrogen and oxygen atoms in total. The van der Waals surface area contributed by atoms with Crippen molar-refractivity contribution in [1.82, 2.24) is 9.62 Å². The Morgan fingerprint density at radius 1 is 1.06 bits per heavy atom. The Morgan fingerprint density at radius 2 is 1.77 bits per heavy atom. The fourth-order valence-electron chi connectivity index (χ4n) is 3.45. The molecule has 1 aliphatic rings. The molecule has 3 rings (SSSR count). The summed E-state index contributed by atoms with van der Waals surface area (Å²) < 4.78 is 43.1. The van der Waals surface area contributed by atoms with E-state index in [1.807, 2.05) is 18.2 Å². The molecule has 1 atom stereocenters. The molecule has 9 heteroatoms. The van der Waals surface area contributed by atoms with E-state index < -0.39 is 15.9 Å². The van der Waals surface area contributed by atoms with Crippen molar-refractivity contribution < 1.29 is 27.4 Å². The maximum atomic E-state index is 12.9. The minimum Gasteiger partial charge on any atom is -0.497 e. The largest absolute Gasteiger partial charge is 0.497 e. The van der Waals surface area contributed by atoms with Crippen LogP contribution in [0, 0.1) is 5.92 Å². The molecule has 1 heterocycles. The number of carbonyl (C=O) groups excluding carboxylic acids is 1. The summed E-state index contributed by atoms with van der Waals surface area (Å²) in [5, 5.41) is 2.84. The van der Waals surface area contributed by atoms with Gasteiger partial charge in [-0.1, -0.05) is 6.07 Å². The Balaban J connectivity index is 1.51. The molecule has 168 valence electrons. The molecular formula is C22H28N2O6S. The van der Waals surface area contributed by atoms with Gasteiger partial charge < -0.3 is 19.5 Å². The zero-order valence-electron chi connectivity index (χ0n) is 17.7. The highest BCUT2D eigenvalue weighted by molar-refractivity contribution is 7.89. The number of ether oxygens (including phenoxy) is 3. The van der Waals surface area contributed by atoms with Gasteiger partial charge in [0.25, 0.3) is 0 Å². The molecule has 1 saturated heterocycles. The molecule has 1 aliphatic heterocycles. The number of benzene rings is 2. The van der Waals surface area contributed by atoms with Crippen LogP contribution in [-0.4, -0.2) is 59.1 Å². The summed E-state index contributed by atoms with van der Waals surface area (Å²) in [6.07, 6.45) is 1.28. The summed E-state index contributed by atoms with van der Waals surface area (Å²) in [6, 6.07) is 13.5. The number of methoxy groups -OCH3 is 2. The highest BCUT2D eigenvalue weighted by atomic mass is 32.2. The molecule has 1 fully saturated rings. The number of carbonyl (C=O) groups is 1. The lowest BCUT2D eigenvalue weighted by molar-refractivity contribution is -0.126. The maximum absolute atomic E-state index is 12.9. The third-order valence-corrected chi connectivity index (χ3v) is 7.04. The summed E-state index contributed by atoms with van der Waals surface area (Å²) in [5.74, 6) is 1.39. The zero-order chi connectivity index (χ0) is 22.3. The van der Waals surface area contributed by atoms with Crippen molar-refractivity contribution in [3.8, 4) is 17.2 Å². The van der Waals surface area contributed by atoms with E-state index in [2.05, 4.69) is 5.32 Å². The van der Waals surface area contributed by atoms with Crippen molar-refractivity contribution in [2.45, 2.75) is 17.7 Å². The van der Waals surface area contributed by atoms with Gasteiger partial charge in [-0.3, -0.25) is 4.79 Å². The molecule has 1 amide bonds. The molecule has 2 aromatic rings. The second-order valence-corrected chi connectivity index (χ2v) is 9.13. The van der Waals surface area contributed by atoms with Gasteiger partial charge in [-0.2, -0.15) is 4.31 Å². The second kappa shape index (κ2) is 10.5. The van der Waals surface area contributed by atoms with E-state index in [1.165, 1.54) is 23.5 Å². The molecule has 0 spiro atoms. The molecule has 0 bridgehead atoms. The topological polar surface area (TPSA) is 94.2 Å². The summed E-state index contributed by atoms with van der Waals surface area (Å²) in [6.45, 7) is 1.20. The molecule has 0 aliphatic carbocycles. The van der Waals surface area contributed by atoms with Gasteiger partial charge in [-0.15, -0.1) is 0 Å². The second-order valence-electron chi connectivity index (χ2n) is 7.20. The van der Waals surface area contributed by atoms with E-state index in [0.717, 1.165) is 0 Å². The number of amides is 1. The van der Waals surface area contributed by atoms with Crippen molar-refractivity contribution in [3.63, 3.8) is 0 Å². The van der Waals surface area contributed by atoms with E-state index >= 15 is 0 Å². The van der Waals surface area contributed by atoms with E-state index in [4.69, 9.17) is 14.2 Å². The summed E-state index contributed by atoms with van der Waals surface area (Å²) in [5.41, 5.74) is 0. The zero-order valence-corrected chi connectivity index (χ0v) is 18.6. The number of hydrogen-bond acceptors (Lipinski definition) is 6. The van der Waals surface area contributed by atoms with Crippen LogP contribution >= 0.6 is 0 Å². The van der Waals surface area contributed by atoms with Crippen LogP contribution in [0.3, 0.4) is 0 Å². The van der Waals surface area contributed by atoms with Crippen molar-refractivity contribution in [2.24, 2.45) is 5.92 Å². The van der Waals surface area contributed by atoms with E-state index in [-0.39, 0.29) is 17.3 Å². The molecule has 31 heavy (non-hydrogen) atoms. The van der Waals surface area contributed by atoms with Gasteiger partial charge in [0.15, 0.2) is 0 Å². The number of rotatable bonds is 9. The van der Waals surface area contributed by atoms with Crippen LogP contribution in [0.15, 0.2) is 53.4 Å². The Bertz CT molecular complexity index is 978. The molecule has 0 unspecified atom stereocenters. The van der Waals surface area contributed by atoms with Crippen LogP contribution in [0.5, 0.6) is 17.2 Å². The van der Waals surface area contributed by atoms with Crippen LogP contribution < -0.4 is 19.5 Å². The summed E-state index contributed by atoms with van der Waals surface area (Å²) in [4.78, 5) is 12.8. The predicted octanol–water partition coefficient (Wildman–Crippen LogP) is 2.30. The fourth-order valence-corrected chi connectivity index (χ4v) is 4.97. The first kappa shape index (κ1) is 22.9. The van der Waals surface area contributed by atoms with Crippen LogP contribution in [-0.2, 0) is 14.8 Å². The lowest BCUT2D eigenvalue weighted by Crippen LogP contribution is -2.45. The smallest absolute Gasteiger partial charge is 0.243 e. The Hall–Kier alpha value is -2.78. The molecule has 2 aromatic carbocycles. The molecule has 0 saturated carbocycles. The first-order chi connectivity index (χ1) is 14.9. The maximum Gasteiger partial charge on any atom is 0.243 e. The third kappa shape index (κ3) is 5.89. The lowest BCUT2D eigenvalue weighted by Gasteiger charge is -2.31. The molecule has 0 radical (unpaired) electrons. The standard InChI is InChI=1S/C22H28N2O6S/c1-28-18-8-10-21(11-9-18)31(26,27)24-13-4-5-17(16-24)22(25)23-12-14-30-20-7-3-6-19(15-20)29-2/h3,6-11,15,17H,4-5,12-14,16H2,1-2H3,(H,23,25)/t17-/m1/s1. The molecule has 1 N–H and O–H groups in total. The monoisotopic (exact) mass is 448 g/mol. The lowest BCUT2D eigenvalue weighted by atomic mass is 9.99. The normalized spacial score (nSPS) is 17.0. The average Bonchev–Trinajstić information content (AvgIpc) is 2.82. The van der Waals surface area contributed by atoms with Crippen LogP contribution in [0.1, 0.15) is 12.8 Å². The van der Waals surface area contributed by atoms with Crippen molar-refractivity contribution in [1.29, 1.82) is 0 Å². The first-order valence-electron chi connectivity index (χ1n) is 10.1. The van der Waals surface area contributed by atoms with Gasteiger partial charge >= 0.3 is 0 Å². The van der Waals surface area contributed by atoms with Gasteiger partial charge in [0.05, 0.1) is 31.6 Å². The number of sulfonamides is 1. The van der Waals surface area contributed by atoms with Crippen molar-refractivity contribution in [2.75, 3.05) is 40.5 Å². The Morgan fingerprint density at radius 3 is 2.48 bits per heavy atom. The Labute approximate surface area is 183 Å². The van der Waals surface area contributed by atoms with Gasteiger partial charge in [0.1, 0.15) is 23.9 Å². The van der Waals surface area contributed by atoms with Crippen molar-refractivity contribution in [3.05, 3.63) is 48.5 Å². The highest BCUT2D eigenvalue weighted by Crippen LogP contribution is 2.25. The van der Waals surface area contributed by atoms with Gasteiger partial charge in [0.2, 0.25) is 15.9 Å². The van der Waals surface area contributed by atoms with E-state index in [1.54, 1.807) is 25.3 Å². The average molecular weight is 449 g/mol. The van der Waals surface area contributed by atoms with Crippen LogP contribution in [0.25, 0.3) is 0 Å². The number of nitrogens with zero attached hydrogens (tertiary/aromatic N) is 1. The minimum absolute atomic E-state index is 0.163. The van der Waals surface area contributed by atoms with Crippen LogP contribution in [0.4, 0.5) is 0 Å². The number of hydrogen-bond donors (Lipinski definition) is 1. The van der Waals surface area contributed by atoms with Gasteiger partial charge in [-0.05, 0) is 49.2 Å². The molecule has 0 aromatic heterocycles. The van der Waals surface area contributed by atoms with E-state index in [9.17, 15) is 13.2 Å². The predicted molar refractivity (Wildman–Crippen MR) is 116 cm³/mol. The van der Waals surface area contributed by atoms with Gasteiger partial charge in [0, 0.05) is 19.2 Å². The summed E-state index contributed by atoms with van der Waals surface area (Å²) in [7, 11) is -0.548. The fraction of sp³-hybridized carbons (Fsp3) is 0.409. The van der Waals surface area contributed by atoms with E-state index in [0.29, 0.717) is 49.8 Å². The van der Waals surface area contributed by atoms with Crippen molar-refractivity contribution >= 4 is 15.9 Å². The SMILES string of the molecule is COc1ccc(S(=O)(=O)N2CCC[C@@H](C(=O)NCCOc3cccc(OC)c3)C2)cc1. The Kier molecular flexibility index (Phi) is 7.75. The minimum atomic E-state index is -3.66.